The molecular formula is C13H14ClNO5. The number of unbranched alkanes of at least 4 members (excludes halogenated alkanes) is 2. The maximum Gasteiger partial charge on any atom is 0.280 e. The van der Waals surface area contributed by atoms with E-state index in [-0.39, 0.29) is 16.5 Å². The van der Waals surface area contributed by atoms with Crippen molar-refractivity contribution in [2.45, 2.75) is 25.7 Å². The summed E-state index contributed by atoms with van der Waals surface area (Å²) in [6.45, 7) is 0.409. The monoisotopic (exact) mass is 299 g/mol. The number of nitrogens with zero attached hydrogens (tertiary/aromatic N) is 1. The Morgan fingerprint density at radius 1 is 1.35 bits per heavy atom. The third kappa shape index (κ3) is 5.36. The van der Waals surface area contributed by atoms with Crippen molar-refractivity contribution >= 4 is 28.8 Å². The number of carbonyl (C=O) groups excluding carboxylic acids is 2. The van der Waals surface area contributed by atoms with Crippen LogP contribution in [-0.4, -0.2) is 23.1 Å². The van der Waals surface area contributed by atoms with E-state index in [1.54, 1.807) is 0 Å². The molecule has 0 saturated heterocycles. The third-order valence-electron chi connectivity index (χ3n) is 2.61. The van der Waals surface area contributed by atoms with Crippen molar-refractivity contribution < 1.29 is 19.2 Å². The Labute approximate surface area is 120 Å². The summed E-state index contributed by atoms with van der Waals surface area (Å²) in [6, 6.07) is 4.03. The standard InChI is InChI=1S/C13H14ClNO5/c14-13(17)4-2-1-3-7-20-11-5-6-12(15(18)19)10(8-11)9-16/h5-6,8-9H,1-4,7H2. The predicted octanol–water partition coefficient (Wildman–Crippen LogP) is 3.11. The first-order valence-corrected chi connectivity index (χ1v) is 6.47. The molecular weight excluding hydrogens is 286 g/mol. The molecule has 0 N–H and O–H groups in total. The zero-order chi connectivity index (χ0) is 15.0. The molecule has 0 aliphatic heterocycles. The number of benzene rings is 1. The molecule has 0 bridgehead atoms. The lowest BCUT2D eigenvalue weighted by molar-refractivity contribution is -0.385. The molecule has 0 radical (unpaired) electrons. The lowest BCUT2D eigenvalue weighted by Gasteiger charge is -2.06. The molecule has 0 atom stereocenters. The minimum atomic E-state index is -0.614. The Bertz CT molecular complexity index is 504. The molecule has 0 unspecified atom stereocenters. The number of halogens is 1. The first-order chi connectivity index (χ1) is 9.54. The number of hydrogen-bond acceptors (Lipinski definition) is 5. The van der Waals surface area contributed by atoms with Gasteiger partial charge in [0.25, 0.3) is 5.69 Å². The van der Waals surface area contributed by atoms with Gasteiger partial charge in [0.1, 0.15) is 5.75 Å². The Morgan fingerprint density at radius 3 is 2.70 bits per heavy atom. The van der Waals surface area contributed by atoms with Gasteiger partial charge in [-0.1, -0.05) is 0 Å². The quantitative estimate of drug-likeness (QED) is 0.230. The lowest BCUT2D eigenvalue weighted by atomic mass is 10.2. The molecule has 0 fully saturated rings. The number of rotatable bonds is 9. The van der Waals surface area contributed by atoms with Crippen molar-refractivity contribution in [3.8, 4) is 5.75 Å². The first-order valence-electron chi connectivity index (χ1n) is 6.09. The summed E-state index contributed by atoms with van der Waals surface area (Å²) >= 11 is 5.20. The van der Waals surface area contributed by atoms with E-state index in [2.05, 4.69) is 0 Å². The first kappa shape index (κ1) is 16.1. The van der Waals surface area contributed by atoms with Gasteiger partial charge in [0.2, 0.25) is 5.24 Å². The van der Waals surface area contributed by atoms with E-state index in [1.807, 2.05) is 0 Å². The van der Waals surface area contributed by atoms with Crippen LogP contribution in [0.25, 0.3) is 0 Å². The van der Waals surface area contributed by atoms with E-state index >= 15 is 0 Å². The number of aldehydes is 1. The molecule has 0 aromatic heterocycles. The highest BCUT2D eigenvalue weighted by molar-refractivity contribution is 6.63. The average Bonchev–Trinajstić information content (AvgIpc) is 2.41. The van der Waals surface area contributed by atoms with E-state index < -0.39 is 4.92 Å². The largest absolute Gasteiger partial charge is 0.494 e. The molecule has 0 amide bonds. The van der Waals surface area contributed by atoms with Crippen molar-refractivity contribution in [2.24, 2.45) is 0 Å². The summed E-state index contributed by atoms with van der Waals surface area (Å²) in [5, 5.41) is 10.3. The second-order valence-corrected chi connectivity index (χ2v) is 4.53. The molecule has 1 aromatic carbocycles. The Hall–Kier alpha value is -1.95. The van der Waals surface area contributed by atoms with Gasteiger partial charge in [0, 0.05) is 12.5 Å². The molecule has 108 valence electrons. The van der Waals surface area contributed by atoms with Gasteiger partial charge in [-0.2, -0.15) is 0 Å². The fourth-order valence-electron chi connectivity index (χ4n) is 1.62. The van der Waals surface area contributed by atoms with E-state index in [1.165, 1.54) is 18.2 Å². The molecule has 0 spiro atoms. The molecule has 0 aliphatic carbocycles. The van der Waals surface area contributed by atoms with Crippen LogP contribution in [0.2, 0.25) is 0 Å². The number of hydrogen-bond donors (Lipinski definition) is 0. The zero-order valence-corrected chi connectivity index (χ0v) is 11.5. The highest BCUT2D eigenvalue weighted by atomic mass is 35.5. The van der Waals surface area contributed by atoms with Gasteiger partial charge in [-0.25, -0.2) is 0 Å². The highest BCUT2D eigenvalue weighted by Gasteiger charge is 2.13. The smallest absolute Gasteiger partial charge is 0.280 e. The van der Waals surface area contributed by atoms with Crippen LogP contribution < -0.4 is 4.74 Å². The van der Waals surface area contributed by atoms with Crippen molar-refractivity contribution in [3.63, 3.8) is 0 Å². The molecule has 0 heterocycles. The Kier molecular flexibility index (Phi) is 6.66. The average molecular weight is 300 g/mol. The van der Waals surface area contributed by atoms with Crippen LogP contribution in [0.5, 0.6) is 5.75 Å². The summed E-state index contributed by atoms with van der Waals surface area (Å²) in [5.74, 6) is 0.408. The topological polar surface area (TPSA) is 86.5 Å². The van der Waals surface area contributed by atoms with E-state index in [0.29, 0.717) is 31.5 Å². The molecule has 6 nitrogen and oxygen atoms in total. The van der Waals surface area contributed by atoms with Crippen LogP contribution in [0.3, 0.4) is 0 Å². The molecule has 1 rings (SSSR count). The number of nitro benzene ring substituents is 1. The van der Waals surface area contributed by atoms with Crippen LogP contribution in [0.1, 0.15) is 36.0 Å². The van der Waals surface area contributed by atoms with Crippen LogP contribution in [-0.2, 0) is 4.79 Å². The summed E-state index contributed by atoms with van der Waals surface area (Å²) in [4.78, 5) is 31.3. The van der Waals surface area contributed by atoms with Gasteiger partial charge < -0.3 is 4.74 Å². The number of carbonyl (C=O) groups is 2. The van der Waals surface area contributed by atoms with Crippen LogP contribution >= 0.6 is 11.6 Å². The fourth-order valence-corrected chi connectivity index (χ4v) is 1.75. The minimum absolute atomic E-state index is 0.0137. The van der Waals surface area contributed by atoms with Gasteiger partial charge in [-0.3, -0.25) is 19.7 Å². The van der Waals surface area contributed by atoms with Crippen molar-refractivity contribution in [2.75, 3.05) is 6.61 Å². The van der Waals surface area contributed by atoms with Gasteiger partial charge >= 0.3 is 0 Å². The van der Waals surface area contributed by atoms with E-state index in [4.69, 9.17) is 16.3 Å². The van der Waals surface area contributed by atoms with Gasteiger partial charge in [0.15, 0.2) is 6.29 Å². The highest BCUT2D eigenvalue weighted by Crippen LogP contribution is 2.22. The Morgan fingerprint density at radius 2 is 2.10 bits per heavy atom. The van der Waals surface area contributed by atoms with Crippen LogP contribution in [0.15, 0.2) is 18.2 Å². The summed E-state index contributed by atoms with van der Waals surface area (Å²) < 4.78 is 5.39. The summed E-state index contributed by atoms with van der Waals surface area (Å²) in [7, 11) is 0. The van der Waals surface area contributed by atoms with E-state index in [0.717, 1.165) is 12.8 Å². The predicted molar refractivity (Wildman–Crippen MR) is 73.3 cm³/mol. The summed E-state index contributed by atoms with van der Waals surface area (Å²) in [6.07, 6.45) is 3.00. The van der Waals surface area contributed by atoms with Gasteiger partial charge in [0.05, 0.1) is 17.1 Å². The molecule has 1 aromatic rings. The van der Waals surface area contributed by atoms with Crippen LogP contribution in [0, 0.1) is 10.1 Å². The number of ether oxygens (including phenoxy) is 1. The fraction of sp³-hybridized carbons (Fsp3) is 0.385. The third-order valence-corrected chi connectivity index (χ3v) is 2.80. The molecule has 7 heteroatoms. The van der Waals surface area contributed by atoms with Gasteiger partial charge in [-0.15, -0.1) is 0 Å². The van der Waals surface area contributed by atoms with Crippen LogP contribution in [0.4, 0.5) is 5.69 Å². The van der Waals surface area contributed by atoms with Gasteiger partial charge in [-0.05, 0) is 43.0 Å². The maximum absolute atomic E-state index is 10.8. The van der Waals surface area contributed by atoms with Crippen molar-refractivity contribution in [1.29, 1.82) is 0 Å². The second kappa shape index (κ2) is 8.27. The SMILES string of the molecule is O=Cc1cc(OCCCCCC(=O)Cl)ccc1[N+](=O)[O-]. The normalized spacial score (nSPS) is 10.1. The number of nitro groups is 1. The summed E-state index contributed by atoms with van der Waals surface area (Å²) in [5.41, 5.74) is -0.256. The van der Waals surface area contributed by atoms with Crippen molar-refractivity contribution in [1.82, 2.24) is 0 Å². The maximum atomic E-state index is 10.8. The minimum Gasteiger partial charge on any atom is -0.494 e. The van der Waals surface area contributed by atoms with E-state index in [9.17, 15) is 19.7 Å². The lowest BCUT2D eigenvalue weighted by Crippen LogP contribution is -2.00. The molecule has 0 aliphatic rings. The molecule has 20 heavy (non-hydrogen) atoms. The molecule has 0 saturated carbocycles. The second-order valence-electron chi connectivity index (χ2n) is 4.11. The van der Waals surface area contributed by atoms with Crippen molar-refractivity contribution in [3.05, 3.63) is 33.9 Å². The Balaban J connectivity index is 2.43. The zero-order valence-electron chi connectivity index (χ0n) is 10.7.